The molecule has 0 saturated carbocycles. The molecule has 2 aliphatic heterocycles. The molecule has 1 atom stereocenters. The lowest BCUT2D eigenvalue weighted by atomic mass is 9.71. The molecule has 1 aliphatic carbocycles. The van der Waals surface area contributed by atoms with Crippen molar-refractivity contribution >= 4 is 22.5 Å². The minimum absolute atomic E-state index is 0.230. The Hall–Kier alpha value is -5.01. The fourth-order valence-electron chi connectivity index (χ4n) is 8.55. The first kappa shape index (κ1) is 32.2. The Morgan fingerprint density at radius 2 is 1.40 bits per heavy atom. The van der Waals surface area contributed by atoms with Crippen LogP contribution in [0.4, 0.5) is 10.1 Å². The molecular weight excluding hydrogens is 629 g/mol. The maximum Gasteiger partial charge on any atom is 0.178 e. The normalized spacial score (nSPS) is 18.6. The molecule has 50 heavy (non-hydrogen) atoms. The minimum atomic E-state index is -0.963. The lowest BCUT2D eigenvalue weighted by Crippen LogP contribution is -2.37. The number of anilines is 1. The molecule has 2 heterocycles. The van der Waals surface area contributed by atoms with Crippen LogP contribution in [0.3, 0.4) is 0 Å². The molecular formula is C43H42FNO5. The van der Waals surface area contributed by atoms with Crippen molar-refractivity contribution in [1.82, 2.24) is 0 Å². The largest absolute Gasteiger partial charge is 0.497 e. The van der Waals surface area contributed by atoms with Crippen LogP contribution in [0.1, 0.15) is 54.5 Å². The average molecular weight is 672 g/mol. The maximum atomic E-state index is 15.1. The van der Waals surface area contributed by atoms with Gasteiger partial charge in [0.2, 0.25) is 0 Å². The Labute approximate surface area is 293 Å². The van der Waals surface area contributed by atoms with E-state index in [2.05, 4.69) is 73.4 Å². The first-order valence-corrected chi connectivity index (χ1v) is 17.4. The molecule has 1 unspecified atom stereocenters. The molecule has 8 rings (SSSR count). The summed E-state index contributed by atoms with van der Waals surface area (Å²) in [5.74, 6) is 2.54. The molecule has 0 amide bonds. The smallest absolute Gasteiger partial charge is 0.178 e. The summed E-state index contributed by atoms with van der Waals surface area (Å²) >= 11 is 0. The lowest BCUT2D eigenvalue weighted by Gasteiger charge is -2.39. The van der Waals surface area contributed by atoms with E-state index in [0.29, 0.717) is 11.5 Å². The van der Waals surface area contributed by atoms with E-state index in [0.717, 1.165) is 100 Å². The molecule has 1 fully saturated rings. The fraction of sp³-hybridized carbons (Fsp3) is 0.302. The Balaban J connectivity index is 1.41. The molecule has 0 bridgehead atoms. The predicted octanol–water partition coefficient (Wildman–Crippen LogP) is 9.28. The van der Waals surface area contributed by atoms with Gasteiger partial charge in [0.25, 0.3) is 0 Å². The molecule has 6 nitrogen and oxygen atoms in total. The number of halogens is 1. The SMILES string of the molecule is CCC1(CC)c2cc(F)ccc2-c2c1c1c(c3cc(OC)c(OC)cc23)OC(c2ccc(OC)cc2)(c2ccc(N3CCOCC3)cc2)C=C1. The van der Waals surface area contributed by atoms with Gasteiger partial charge in [-0.3, -0.25) is 0 Å². The van der Waals surface area contributed by atoms with Crippen LogP contribution >= 0.6 is 0 Å². The standard InChI is InChI=1S/C43H42FNO5/c1-6-42(7-2)36-24-29(44)12-17-32(36)39-34-25-37(47-4)38(48-5)26-35(34)41-33(40(39)42)18-19-43(50-41,28-10-15-31(46-3)16-11-28)27-8-13-30(14-9-27)45-20-22-49-23-21-45/h8-19,24-26H,6-7,20-23H2,1-5H3. The van der Waals surface area contributed by atoms with Gasteiger partial charge >= 0.3 is 0 Å². The van der Waals surface area contributed by atoms with Gasteiger partial charge in [-0.2, -0.15) is 0 Å². The van der Waals surface area contributed by atoms with Crippen LogP contribution in [0.15, 0.2) is 84.9 Å². The van der Waals surface area contributed by atoms with Crippen molar-refractivity contribution in [2.75, 3.05) is 52.5 Å². The summed E-state index contributed by atoms with van der Waals surface area (Å²) in [6, 6.07) is 26.1. The molecule has 7 heteroatoms. The van der Waals surface area contributed by atoms with E-state index in [1.54, 1.807) is 33.5 Å². The lowest BCUT2D eigenvalue weighted by molar-refractivity contribution is 0.122. The summed E-state index contributed by atoms with van der Waals surface area (Å²) in [4.78, 5) is 2.35. The van der Waals surface area contributed by atoms with Crippen molar-refractivity contribution in [3.05, 3.63) is 119 Å². The highest BCUT2D eigenvalue weighted by Crippen LogP contribution is 2.61. The molecule has 3 aliphatic rings. The van der Waals surface area contributed by atoms with E-state index >= 15 is 4.39 Å². The highest BCUT2D eigenvalue weighted by atomic mass is 19.1. The van der Waals surface area contributed by atoms with Gasteiger partial charge in [-0.05, 0) is 95.1 Å². The summed E-state index contributed by atoms with van der Waals surface area (Å²) in [6.45, 7) is 7.56. The zero-order valence-electron chi connectivity index (χ0n) is 29.3. The highest BCUT2D eigenvalue weighted by Gasteiger charge is 2.47. The first-order chi connectivity index (χ1) is 24.4. The third-order valence-corrected chi connectivity index (χ3v) is 11.2. The number of rotatable bonds is 8. The van der Waals surface area contributed by atoms with Crippen LogP contribution in [0.2, 0.25) is 0 Å². The summed E-state index contributed by atoms with van der Waals surface area (Å²) in [5, 5.41) is 1.89. The van der Waals surface area contributed by atoms with E-state index in [1.165, 1.54) is 5.56 Å². The van der Waals surface area contributed by atoms with Crippen LogP contribution < -0.4 is 23.8 Å². The van der Waals surface area contributed by atoms with E-state index in [-0.39, 0.29) is 5.82 Å². The maximum absolute atomic E-state index is 15.1. The second-order valence-corrected chi connectivity index (χ2v) is 13.3. The molecule has 0 N–H and O–H groups in total. The van der Waals surface area contributed by atoms with Crippen molar-refractivity contribution in [3.63, 3.8) is 0 Å². The van der Waals surface area contributed by atoms with Crippen LogP contribution in [0.5, 0.6) is 23.0 Å². The number of morpholine rings is 1. The van der Waals surface area contributed by atoms with Crippen LogP contribution in [0, 0.1) is 5.82 Å². The van der Waals surface area contributed by atoms with Crippen molar-refractivity contribution in [3.8, 4) is 34.1 Å². The zero-order valence-corrected chi connectivity index (χ0v) is 29.3. The predicted molar refractivity (Wildman–Crippen MR) is 197 cm³/mol. The topological polar surface area (TPSA) is 49.4 Å². The summed E-state index contributed by atoms with van der Waals surface area (Å²) in [7, 11) is 4.98. The van der Waals surface area contributed by atoms with Gasteiger partial charge in [-0.25, -0.2) is 4.39 Å². The van der Waals surface area contributed by atoms with Crippen molar-refractivity contribution < 1.29 is 28.1 Å². The Morgan fingerprint density at radius 1 is 0.760 bits per heavy atom. The Morgan fingerprint density at radius 3 is 2.02 bits per heavy atom. The van der Waals surface area contributed by atoms with E-state index in [4.69, 9.17) is 23.7 Å². The van der Waals surface area contributed by atoms with Gasteiger partial charge < -0.3 is 28.6 Å². The molecule has 256 valence electrons. The number of hydrogen-bond donors (Lipinski definition) is 0. The third kappa shape index (κ3) is 4.70. The molecule has 0 radical (unpaired) electrons. The number of fused-ring (bicyclic) bond motifs is 8. The number of methoxy groups -OCH3 is 3. The van der Waals surface area contributed by atoms with Crippen molar-refractivity contribution in [1.29, 1.82) is 0 Å². The molecule has 1 saturated heterocycles. The number of hydrogen-bond acceptors (Lipinski definition) is 6. The van der Waals surface area contributed by atoms with Crippen LogP contribution in [-0.4, -0.2) is 47.6 Å². The van der Waals surface area contributed by atoms with Gasteiger partial charge in [0.05, 0.1) is 34.5 Å². The number of nitrogens with zero attached hydrogens (tertiary/aromatic N) is 1. The first-order valence-electron chi connectivity index (χ1n) is 17.4. The molecule has 5 aromatic carbocycles. The van der Waals surface area contributed by atoms with Gasteiger partial charge in [0.1, 0.15) is 17.3 Å². The molecule has 0 spiro atoms. The molecule has 5 aromatic rings. The summed E-state index contributed by atoms with van der Waals surface area (Å²) in [5.41, 5.74) is 7.08. The molecule has 0 aromatic heterocycles. The quantitative estimate of drug-likeness (QED) is 0.164. The number of benzene rings is 5. The minimum Gasteiger partial charge on any atom is -0.497 e. The zero-order chi connectivity index (χ0) is 34.6. The second kappa shape index (κ2) is 12.4. The van der Waals surface area contributed by atoms with Crippen molar-refractivity contribution in [2.45, 2.75) is 37.7 Å². The van der Waals surface area contributed by atoms with E-state index < -0.39 is 11.0 Å². The summed E-state index contributed by atoms with van der Waals surface area (Å²) in [6.07, 6.45) is 6.03. The van der Waals surface area contributed by atoms with Gasteiger partial charge in [-0.15, -0.1) is 0 Å². The monoisotopic (exact) mass is 671 g/mol. The Bertz CT molecular complexity index is 2110. The van der Waals surface area contributed by atoms with E-state index in [9.17, 15) is 0 Å². The Kier molecular flexibility index (Phi) is 7.98. The third-order valence-electron chi connectivity index (χ3n) is 11.2. The average Bonchev–Trinajstić information content (AvgIpc) is 3.47. The van der Waals surface area contributed by atoms with Crippen LogP contribution in [-0.2, 0) is 15.8 Å². The number of ether oxygens (including phenoxy) is 5. The fourth-order valence-corrected chi connectivity index (χ4v) is 8.55. The van der Waals surface area contributed by atoms with Crippen molar-refractivity contribution in [2.24, 2.45) is 0 Å². The van der Waals surface area contributed by atoms with Gasteiger partial charge in [0.15, 0.2) is 17.1 Å². The second-order valence-electron chi connectivity index (χ2n) is 13.3. The highest BCUT2D eigenvalue weighted by molar-refractivity contribution is 6.09. The van der Waals surface area contributed by atoms with Gasteiger partial charge in [-0.1, -0.05) is 50.3 Å². The van der Waals surface area contributed by atoms with E-state index in [1.807, 2.05) is 24.3 Å². The van der Waals surface area contributed by atoms with Crippen LogP contribution in [0.25, 0.3) is 28.0 Å². The van der Waals surface area contributed by atoms with Gasteiger partial charge in [0, 0.05) is 46.3 Å². The summed E-state index contributed by atoms with van der Waals surface area (Å²) < 4.78 is 45.5.